The molecular weight excluding hydrogens is 315 g/mol. The minimum atomic E-state index is 0.607. The van der Waals surface area contributed by atoms with Crippen LogP contribution in [0.5, 0.6) is 0 Å². The number of hydrogen-bond donors (Lipinski definition) is 0. The monoisotopic (exact) mass is 322 g/mol. The van der Waals surface area contributed by atoms with Crippen molar-refractivity contribution in [3.05, 3.63) is 32.2 Å². The van der Waals surface area contributed by atoms with Crippen LogP contribution >= 0.6 is 45.5 Å². The summed E-state index contributed by atoms with van der Waals surface area (Å²) in [6, 6.07) is 4.29. The van der Waals surface area contributed by atoms with Crippen molar-refractivity contribution < 1.29 is 0 Å². The van der Waals surface area contributed by atoms with E-state index in [4.69, 9.17) is 11.6 Å². The first kappa shape index (κ1) is 9.74. The molecule has 0 saturated heterocycles. The number of aryl methyl sites for hydroxylation is 1. The summed E-state index contributed by atoms with van der Waals surface area (Å²) >= 11 is 10.0. The molecule has 0 aliphatic heterocycles. The van der Waals surface area contributed by atoms with Gasteiger partial charge in [-0.15, -0.1) is 22.9 Å². The third-order valence-corrected chi connectivity index (χ3v) is 4.92. The van der Waals surface area contributed by atoms with Gasteiger partial charge in [0.05, 0.1) is 0 Å². The number of thiophene rings is 1. The molecule has 0 nitrogen and oxygen atoms in total. The van der Waals surface area contributed by atoms with Crippen LogP contribution in [0.15, 0.2) is 17.5 Å². The summed E-state index contributed by atoms with van der Waals surface area (Å²) in [7, 11) is 0. The van der Waals surface area contributed by atoms with Gasteiger partial charge in [0.1, 0.15) is 0 Å². The average Bonchev–Trinajstić information content (AvgIpc) is 2.50. The molecule has 0 aliphatic rings. The zero-order valence-corrected chi connectivity index (χ0v) is 10.8. The summed E-state index contributed by atoms with van der Waals surface area (Å²) in [6.07, 6.45) is 0. The van der Waals surface area contributed by atoms with Crippen molar-refractivity contribution in [1.82, 2.24) is 0 Å². The van der Waals surface area contributed by atoms with Crippen molar-refractivity contribution in [3.63, 3.8) is 0 Å². The SMILES string of the molecule is Cc1c(CCl)ccc2c(I)csc12. The van der Waals surface area contributed by atoms with E-state index >= 15 is 0 Å². The highest BCUT2D eigenvalue weighted by atomic mass is 127. The molecule has 3 heteroatoms. The molecule has 0 aliphatic carbocycles. The molecule has 2 aromatic rings. The lowest BCUT2D eigenvalue weighted by Crippen LogP contribution is -1.83. The van der Waals surface area contributed by atoms with Crippen molar-refractivity contribution in [1.29, 1.82) is 0 Å². The van der Waals surface area contributed by atoms with Crippen LogP contribution in [0.25, 0.3) is 10.1 Å². The van der Waals surface area contributed by atoms with Crippen LogP contribution in [0.4, 0.5) is 0 Å². The van der Waals surface area contributed by atoms with Crippen molar-refractivity contribution >= 4 is 55.6 Å². The van der Waals surface area contributed by atoms with E-state index in [9.17, 15) is 0 Å². The lowest BCUT2D eigenvalue weighted by molar-refractivity contribution is 1.34. The van der Waals surface area contributed by atoms with Gasteiger partial charge in [0, 0.05) is 24.9 Å². The summed E-state index contributed by atoms with van der Waals surface area (Å²) in [6.45, 7) is 2.15. The smallest absolute Gasteiger partial charge is 0.0477 e. The molecule has 68 valence electrons. The van der Waals surface area contributed by atoms with Gasteiger partial charge < -0.3 is 0 Å². The highest BCUT2D eigenvalue weighted by Gasteiger charge is 2.06. The Balaban J connectivity index is 2.80. The second-order valence-electron chi connectivity index (χ2n) is 2.94. The van der Waals surface area contributed by atoms with Crippen LogP contribution in [-0.4, -0.2) is 0 Å². The minimum Gasteiger partial charge on any atom is -0.142 e. The lowest BCUT2D eigenvalue weighted by Gasteiger charge is -2.02. The van der Waals surface area contributed by atoms with E-state index in [0.717, 1.165) is 0 Å². The van der Waals surface area contributed by atoms with Crippen molar-refractivity contribution in [2.24, 2.45) is 0 Å². The third kappa shape index (κ3) is 1.60. The fourth-order valence-corrected chi connectivity index (χ4v) is 3.66. The van der Waals surface area contributed by atoms with Crippen molar-refractivity contribution in [2.75, 3.05) is 0 Å². The van der Waals surface area contributed by atoms with E-state index in [1.165, 1.54) is 24.8 Å². The van der Waals surface area contributed by atoms with Gasteiger partial charge in [-0.3, -0.25) is 0 Å². The van der Waals surface area contributed by atoms with E-state index < -0.39 is 0 Å². The Labute approximate surface area is 100 Å². The first-order valence-corrected chi connectivity index (χ1v) is 6.44. The Kier molecular flexibility index (Phi) is 2.81. The average molecular weight is 323 g/mol. The van der Waals surface area contributed by atoms with E-state index in [1.54, 1.807) is 11.3 Å². The number of benzene rings is 1. The Morgan fingerprint density at radius 2 is 2.23 bits per heavy atom. The molecule has 0 unspecified atom stereocenters. The Morgan fingerprint density at radius 3 is 2.92 bits per heavy atom. The molecule has 1 aromatic carbocycles. The van der Waals surface area contributed by atoms with Gasteiger partial charge in [0.2, 0.25) is 0 Å². The van der Waals surface area contributed by atoms with Crippen LogP contribution in [0.1, 0.15) is 11.1 Å². The van der Waals surface area contributed by atoms with Crippen molar-refractivity contribution in [3.8, 4) is 0 Å². The summed E-state index contributed by atoms with van der Waals surface area (Å²) in [5.41, 5.74) is 2.58. The van der Waals surface area contributed by atoms with Gasteiger partial charge in [-0.2, -0.15) is 0 Å². The molecule has 0 amide bonds. The van der Waals surface area contributed by atoms with Crippen LogP contribution in [0, 0.1) is 10.5 Å². The van der Waals surface area contributed by atoms with E-state index in [0.29, 0.717) is 5.88 Å². The topological polar surface area (TPSA) is 0 Å². The Bertz CT molecular complexity index is 447. The van der Waals surface area contributed by atoms with Gasteiger partial charge in [-0.1, -0.05) is 12.1 Å². The number of alkyl halides is 1. The van der Waals surface area contributed by atoms with Gasteiger partial charge in [-0.05, 0) is 40.6 Å². The standard InChI is InChI=1S/C10H8ClIS/c1-6-7(4-11)2-3-8-9(12)5-13-10(6)8/h2-3,5H,4H2,1H3. The summed E-state index contributed by atoms with van der Waals surface area (Å²) in [4.78, 5) is 0. The zero-order valence-electron chi connectivity index (χ0n) is 7.10. The molecule has 0 radical (unpaired) electrons. The number of halogens is 2. The van der Waals surface area contributed by atoms with Crippen molar-refractivity contribution in [2.45, 2.75) is 12.8 Å². The maximum absolute atomic E-state index is 5.84. The second-order valence-corrected chi connectivity index (χ2v) is 5.25. The second kappa shape index (κ2) is 3.75. The lowest BCUT2D eigenvalue weighted by atomic mass is 10.1. The van der Waals surface area contributed by atoms with Crippen LogP contribution in [0.2, 0.25) is 0 Å². The van der Waals surface area contributed by atoms with Crippen LogP contribution in [-0.2, 0) is 5.88 Å². The van der Waals surface area contributed by atoms with E-state index in [-0.39, 0.29) is 0 Å². The van der Waals surface area contributed by atoms with Crippen LogP contribution < -0.4 is 0 Å². The largest absolute Gasteiger partial charge is 0.142 e. The number of fused-ring (bicyclic) bond motifs is 1. The fraction of sp³-hybridized carbons (Fsp3) is 0.200. The van der Waals surface area contributed by atoms with Gasteiger partial charge in [-0.25, -0.2) is 0 Å². The quantitative estimate of drug-likeness (QED) is 0.533. The normalized spacial score (nSPS) is 11.0. The molecule has 1 heterocycles. The maximum Gasteiger partial charge on any atom is 0.0477 e. The summed E-state index contributed by atoms with van der Waals surface area (Å²) in [5.74, 6) is 0.607. The molecule has 0 atom stereocenters. The maximum atomic E-state index is 5.84. The molecule has 0 bridgehead atoms. The molecule has 0 fully saturated rings. The third-order valence-electron chi connectivity index (χ3n) is 2.20. The molecule has 1 aromatic heterocycles. The zero-order chi connectivity index (χ0) is 9.42. The van der Waals surface area contributed by atoms with Gasteiger partial charge in [0.25, 0.3) is 0 Å². The predicted molar refractivity (Wildman–Crippen MR) is 68.8 cm³/mol. The molecule has 2 rings (SSSR count). The van der Waals surface area contributed by atoms with E-state index in [1.807, 2.05) is 0 Å². The number of rotatable bonds is 1. The van der Waals surface area contributed by atoms with Gasteiger partial charge >= 0.3 is 0 Å². The Morgan fingerprint density at radius 1 is 1.46 bits per heavy atom. The number of hydrogen-bond acceptors (Lipinski definition) is 1. The molecule has 0 N–H and O–H groups in total. The first-order valence-electron chi connectivity index (χ1n) is 3.95. The van der Waals surface area contributed by atoms with Crippen LogP contribution in [0.3, 0.4) is 0 Å². The summed E-state index contributed by atoms with van der Waals surface area (Å²) in [5, 5.41) is 3.55. The molecule has 13 heavy (non-hydrogen) atoms. The Hall–Kier alpha value is 0.200. The molecular formula is C10H8ClIS. The highest BCUT2D eigenvalue weighted by Crippen LogP contribution is 2.31. The first-order chi connectivity index (χ1) is 6.24. The minimum absolute atomic E-state index is 0.607. The summed E-state index contributed by atoms with van der Waals surface area (Å²) < 4.78 is 2.71. The molecule has 0 saturated carbocycles. The highest BCUT2D eigenvalue weighted by molar-refractivity contribution is 14.1. The molecule has 0 spiro atoms. The predicted octanol–water partition coefficient (Wildman–Crippen LogP) is 4.55. The van der Waals surface area contributed by atoms with Gasteiger partial charge in [0.15, 0.2) is 0 Å². The fourth-order valence-electron chi connectivity index (χ4n) is 1.39. The van der Waals surface area contributed by atoms with E-state index in [2.05, 4.69) is 47.0 Å².